The smallest absolute Gasteiger partial charge is 0.150 e. The molecule has 0 aliphatic carbocycles. The van der Waals surface area contributed by atoms with E-state index in [0.717, 1.165) is 0 Å². The van der Waals surface area contributed by atoms with Crippen LogP contribution in [0.4, 0.5) is 0 Å². The number of hydrogen-bond donors (Lipinski definition) is 0. The first kappa shape index (κ1) is 4.07. The van der Waals surface area contributed by atoms with Gasteiger partial charge in [-0.1, -0.05) is 23.7 Å². The summed E-state index contributed by atoms with van der Waals surface area (Å²) in [5.41, 5.74) is 0.0781. The van der Waals surface area contributed by atoms with Crippen LogP contribution in [0, 0.1) is 0 Å². The lowest BCUT2D eigenvalue weighted by Gasteiger charge is -1.87. The van der Waals surface area contributed by atoms with Gasteiger partial charge in [0.05, 0.1) is 2.74 Å². The Hall–Kier alpha value is -0.820. The summed E-state index contributed by atoms with van der Waals surface area (Å²) in [4.78, 5) is 10.3. The van der Waals surface area contributed by atoms with Crippen molar-refractivity contribution in [1.82, 2.24) is 0 Å². The van der Waals surface area contributed by atoms with Crippen LogP contribution in [0.3, 0.4) is 0 Å². The molecule has 0 N–H and O–H groups in total. The Kier molecular flexibility index (Phi) is 1.20. The molecule has 0 heterocycles. The molecule has 1 aromatic rings. The second-order valence-electron chi connectivity index (χ2n) is 1.49. The lowest BCUT2D eigenvalue weighted by atomic mass is 10.2. The molecule has 2 heteroatoms. The van der Waals surface area contributed by atoms with Gasteiger partial charge in [-0.2, -0.15) is 0 Å². The third-order valence-corrected chi connectivity index (χ3v) is 1.07. The summed E-state index contributed by atoms with van der Waals surface area (Å²) in [6.07, 6.45) is 0.487. The molecule has 1 rings (SSSR count). The van der Waals surface area contributed by atoms with Crippen LogP contribution < -0.4 is 0 Å². The van der Waals surface area contributed by atoms with Gasteiger partial charge in [0.2, 0.25) is 0 Å². The minimum Gasteiger partial charge on any atom is -0.298 e. The van der Waals surface area contributed by atoms with Gasteiger partial charge in [-0.25, -0.2) is 0 Å². The van der Waals surface area contributed by atoms with Crippen molar-refractivity contribution < 1.29 is 7.54 Å². The number of hydrogen-bond acceptors (Lipinski definition) is 1. The Bertz CT molecular complexity index is 275. The van der Waals surface area contributed by atoms with Gasteiger partial charge in [0.1, 0.15) is 6.29 Å². The Morgan fingerprint density at radius 1 is 1.56 bits per heavy atom. The first-order chi connectivity index (χ1) is 5.15. The lowest BCUT2D eigenvalue weighted by Crippen LogP contribution is -1.74. The van der Waals surface area contributed by atoms with E-state index in [2.05, 4.69) is 0 Å². The highest BCUT2D eigenvalue weighted by Crippen LogP contribution is 2.07. The highest BCUT2D eigenvalue weighted by molar-refractivity contribution is 6.30. The van der Waals surface area contributed by atoms with Crippen molar-refractivity contribution in [2.45, 2.75) is 0 Å². The van der Waals surface area contributed by atoms with Gasteiger partial charge in [-0.05, 0) is 12.1 Å². The zero-order chi connectivity index (χ0) is 8.43. The molecule has 0 saturated heterocycles. The maximum absolute atomic E-state index is 10.3. The lowest BCUT2D eigenvalue weighted by molar-refractivity contribution is 0.112. The van der Waals surface area contributed by atoms with Crippen LogP contribution in [0.1, 0.15) is 13.1 Å². The molecular formula is C7H5ClO. The van der Waals surface area contributed by atoms with Crippen LogP contribution in [0.5, 0.6) is 0 Å². The van der Waals surface area contributed by atoms with Gasteiger partial charge in [-0.3, -0.25) is 4.79 Å². The quantitative estimate of drug-likeness (QED) is 0.550. The Labute approximate surface area is 61.1 Å². The van der Waals surface area contributed by atoms with Crippen LogP contribution in [-0.2, 0) is 0 Å². The molecule has 1 nitrogen and oxygen atoms in total. The van der Waals surface area contributed by atoms with Crippen molar-refractivity contribution in [1.29, 1.82) is 0 Å². The molecule has 0 aliphatic heterocycles. The fourth-order valence-corrected chi connectivity index (χ4v) is 0.554. The van der Waals surface area contributed by atoms with E-state index >= 15 is 0 Å². The maximum Gasteiger partial charge on any atom is 0.150 e. The minimum absolute atomic E-state index is 0.00231. The second-order valence-corrected chi connectivity index (χ2v) is 1.93. The van der Waals surface area contributed by atoms with Crippen molar-refractivity contribution in [2.75, 3.05) is 0 Å². The van der Waals surface area contributed by atoms with Crippen molar-refractivity contribution in [2.24, 2.45) is 0 Å². The average molecular weight is 143 g/mol. The van der Waals surface area contributed by atoms with E-state index in [9.17, 15) is 4.79 Å². The number of carbonyl (C=O) groups excluding carboxylic acids is 1. The predicted octanol–water partition coefficient (Wildman–Crippen LogP) is 2.15. The molecule has 0 saturated carbocycles. The van der Waals surface area contributed by atoms with E-state index in [1.807, 2.05) is 0 Å². The van der Waals surface area contributed by atoms with Gasteiger partial charge in [-0.15, -0.1) is 0 Å². The third-order valence-electron chi connectivity index (χ3n) is 0.849. The second kappa shape index (κ2) is 2.65. The topological polar surface area (TPSA) is 17.1 Å². The molecule has 46 valence electrons. The highest BCUT2D eigenvalue weighted by Gasteiger charge is 1.86. The predicted molar refractivity (Wildman–Crippen MR) is 36.8 cm³/mol. The fraction of sp³-hybridized carbons (Fsp3) is 0. The monoisotopic (exact) mass is 142 g/mol. The third kappa shape index (κ3) is 1.54. The van der Waals surface area contributed by atoms with E-state index in [4.69, 9.17) is 14.3 Å². The van der Waals surface area contributed by atoms with Crippen molar-refractivity contribution in [3.63, 3.8) is 0 Å². The number of aldehydes is 1. The van der Waals surface area contributed by atoms with E-state index in [1.54, 1.807) is 0 Å². The van der Waals surface area contributed by atoms with E-state index in [1.165, 1.54) is 12.1 Å². The number of rotatable bonds is 1. The van der Waals surface area contributed by atoms with Crippen LogP contribution in [0.25, 0.3) is 0 Å². The molecule has 0 unspecified atom stereocenters. The zero-order valence-electron chi connectivity index (χ0n) is 6.52. The molecule has 0 aliphatic rings. The molecule has 1 aromatic carbocycles. The zero-order valence-corrected chi connectivity index (χ0v) is 5.27. The van der Waals surface area contributed by atoms with Crippen LogP contribution >= 0.6 is 11.6 Å². The van der Waals surface area contributed by atoms with E-state index in [0.29, 0.717) is 11.3 Å². The normalized spacial score (nSPS) is 12.1. The summed E-state index contributed by atoms with van der Waals surface area (Å²) in [5.74, 6) is 0. The Morgan fingerprint density at radius 2 is 2.11 bits per heavy atom. The highest BCUT2D eigenvalue weighted by atomic mass is 35.5. The summed E-state index contributed by atoms with van der Waals surface area (Å²) in [7, 11) is 0. The SMILES string of the molecule is [2H]c1cc(Cl)cc([2H])c1C=O. The van der Waals surface area contributed by atoms with Gasteiger partial charge < -0.3 is 0 Å². The van der Waals surface area contributed by atoms with Crippen molar-refractivity contribution >= 4 is 17.9 Å². The molecule has 0 fully saturated rings. The summed E-state index contributed by atoms with van der Waals surface area (Å²) in [6.45, 7) is 0. The Morgan fingerprint density at radius 3 is 2.56 bits per heavy atom. The molecule has 0 radical (unpaired) electrons. The number of halogens is 1. The molecule has 0 aromatic heterocycles. The fourth-order valence-electron chi connectivity index (χ4n) is 0.445. The van der Waals surface area contributed by atoms with Crippen LogP contribution in [0.15, 0.2) is 24.2 Å². The number of carbonyl (C=O) groups is 1. The maximum atomic E-state index is 10.3. The van der Waals surface area contributed by atoms with Gasteiger partial charge in [0, 0.05) is 10.6 Å². The molecule has 0 amide bonds. The molecule has 0 bridgehead atoms. The largest absolute Gasteiger partial charge is 0.298 e. The first-order valence-corrected chi connectivity index (χ1v) is 2.75. The molecule has 0 spiro atoms. The summed E-state index contributed by atoms with van der Waals surface area (Å²) >= 11 is 5.52. The van der Waals surface area contributed by atoms with Gasteiger partial charge in [0.25, 0.3) is 0 Å². The van der Waals surface area contributed by atoms with Gasteiger partial charge >= 0.3 is 0 Å². The summed E-state index contributed by atoms with van der Waals surface area (Å²) in [5, 5.41) is 0.311. The number of benzene rings is 1. The Balaban J connectivity index is 3.36. The molecule has 0 atom stereocenters. The molecule has 9 heavy (non-hydrogen) atoms. The van der Waals surface area contributed by atoms with Crippen molar-refractivity contribution in [3.05, 3.63) is 34.8 Å². The van der Waals surface area contributed by atoms with E-state index in [-0.39, 0.29) is 17.6 Å². The van der Waals surface area contributed by atoms with Crippen LogP contribution in [-0.4, -0.2) is 6.29 Å². The first-order valence-electron chi connectivity index (χ1n) is 3.37. The van der Waals surface area contributed by atoms with Gasteiger partial charge in [0.15, 0.2) is 0 Å². The van der Waals surface area contributed by atoms with Crippen molar-refractivity contribution in [3.8, 4) is 0 Å². The van der Waals surface area contributed by atoms with E-state index < -0.39 is 0 Å². The average Bonchev–Trinajstić information content (AvgIpc) is 1.85. The summed E-state index contributed by atoms with van der Waals surface area (Å²) < 4.78 is 14.4. The molecular weight excluding hydrogens is 136 g/mol. The minimum atomic E-state index is -0.00231. The standard InChI is InChI=1S/C7H5ClO/c8-7-3-1-6(5-9)2-4-7/h1-5H/i1D,2D. The van der Waals surface area contributed by atoms with Crippen LogP contribution in [0.2, 0.25) is 5.02 Å². The summed E-state index contributed by atoms with van der Waals surface area (Å²) in [6, 6.07) is 2.67.